The van der Waals surface area contributed by atoms with E-state index >= 15 is 0 Å². The van der Waals surface area contributed by atoms with Crippen molar-refractivity contribution in [1.82, 2.24) is 10.7 Å². The Hall–Kier alpha value is -2.12. The number of anilines is 1. The van der Waals surface area contributed by atoms with Gasteiger partial charge >= 0.3 is 11.8 Å². The van der Waals surface area contributed by atoms with Gasteiger partial charge in [-0.3, -0.25) is 14.4 Å². The molecule has 0 bridgehead atoms. The molecule has 3 amide bonds. The maximum absolute atomic E-state index is 11.9. The number of carbonyl (C=O) groups is 3. The smallest absolute Gasteiger partial charge is 0.329 e. The Labute approximate surface area is 149 Å². The van der Waals surface area contributed by atoms with E-state index in [-0.39, 0.29) is 18.4 Å². The van der Waals surface area contributed by atoms with Gasteiger partial charge in [-0.15, -0.1) is 0 Å². The Morgan fingerprint density at radius 3 is 2.38 bits per heavy atom. The second-order valence-electron chi connectivity index (χ2n) is 5.27. The number of nitrogens with one attached hydrogen (secondary N) is 3. The maximum atomic E-state index is 11.9. The van der Waals surface area contributed by atoms with Crippen LogP contribution in [0, 0.1) is 0 Å². The molecule has 3 N–H and O–H groups in total. The van der Waals surface area contributed by atoms with Crippen LogP contribution < -0.4 is 16.1 Å². The van der Waals surface area contributed by atoms with Crippen LogP contribution in [0.3, 0.4) is 0 Å². The molecule has 0 atom stereocenters. The van der Waals surface area contributed by atoms with Gasteiger partial charge in [-0.25, -0.2) is 5.43 Å². The Balaban J connectivity index is 2.52. The Morgan fingerprint density at radius 2 is 1.79 bits per heavy atom. The molecule has 0 heterocycles. The zero-order chi connectivity index (χ0) is 18.3. The minimum absolute atomic E-state index is 0.0632. The van der Waals surface area contributed by atoms with Gasteiger partial charge in [0.2, 0.25) is 5.91 Å². The summed E-state index contributed by atoms with van der Waals surface area (Å²) >= 11 is 11.7. The van der Waals surface area contributed by atoms with Crippen molar-refractivity contribution in [2.24, 2.45) is 5.10 Å². The molecule has 24 heavy (non-hydrogen) atoms. The minimum Gasteiger partial charge on any atom is -0.346 e. The summed E-state index contributed by atoms with van der Waals surface area (Å²) in [5.74, 6) is -2.04. The molecule has 0 radical (unpaired) electrons. The lowest BCUT2D eigenvalue weighted by Crippen LogP contribution is -2.41. The van der Waals surface area contributed by atoms with Crippen molar-refractivity contribution in [2.75, 3.05) is 5.32 Å². The number of hydrazone groups is 1. The van der Waals surface area contributed by atoms with Crippen molar-refractivity contribution in [3.63, 3.8) is 0 Å². The second-order valence-corrected chi connectivity index (χ2v) is 6.08. The molecule has 0 aliphatic rings. The van der Waals surface area contributed by atoms with Gasteiger partial charge in [0.25, 0.3) is 0 Å². The lowest BCUT2D eigenvalue weighted by molar-refractivity contribution is -0.139. The van der Waals surface area contributed by atoms with Crippen LogP contribution >= 0.6 is 23.2 Å². The van der Waals surface area contributed by atoms with Crippen molar-refractivity contribution in [2.45, 2.75) is 33.2 Å². The standard InChI is InChI=1S/C15H18Cl2N4O3/c1-8(2)18-14(23)15(24)21-20-9(3)6-13(22)19-10-4-5-11(16)12(17)7-10/h4-5,7-8H,6H2,1-3H3,(H,18,23)(H,19,22)(H,21,24). The number of amides is 3. The molecule has 0 saturated heterocycles. The predicted molar refractivity (Wildman–Crippen MR) is 94.2 cm³/mol. The van der Waals surface area contributed by atoms with Crippen LogP contribution in [-0.4, -0.2) is 29.5 Å². The van der Waals surface area contributed by atoms with Gasteiger partial charge in [0.15, 0.2) is 0 Å². The van der Waals surface area contributed by atoms with Crippen LogP contribution in [0.2, 0.25) is 10.0 Å². The van der Waals surface area contributed by atoms with Crippen LogP contribution in [0.5, 0.6) is 0 Å². The summed E-state index contributed by atoms with van der Waals surface area (Å²) in [6.45, 7) is 5.01. The Morgan fingerprint density at radius 1 is 1.12 bits per heavy atom. The van der Waals surface area contributed by atoms with E-state index in [1.165, 1.54) is 6.07 Å². The number of nitrogens with zero attached hydrogens (tertiary/aromatic N) is 1. The lowest BCUT2D eigenvalue weighted by Gasteiger charge is -2.08. The summed E-state index contributed by atoms with van der Waals surface area (Å²) in [6.07, 6.45) is -0.0632. The van der Waals surface area contributed by atoms with Crippen molar-refractivity contribution >= 4 is 52.3 Å². The van der Waals surface area contributed by atoms with Gasteiger partial charge in [0.1, 0.15) is 0 Å². The molecule has 1 rings (SSSR count). The van der Waals surface area contributed by atoms with Crippen LogP contribution in [0.4, 0.5) is 5.69 Å². The number of hydrogen-bond acceptors (Lipinski definition) is 4. The molecule has 0 aromatic heterocycles. The summed E-state index contributed by atoms with van der Waals surface area (Å²) in [5, 5.41) is 9.47. The molecule has 1 aromatic carbocycles. The van der Waals surface area contributed by atoms with Gasteiger partial charge in [-0.2, -0.15) is 5.10 Å². The van der Waals surface area contributed by atoms with Gasteiger partial charge < -0.3 is 10.6 Å². The molecule has 130 valence electrons. The van der Waals surface area contributed by atoms with E-state index < -0.39 is 11.8 Å². The molecule has 9 heteroatoms. The monoisotopic (exact) mass is 372 g/mol. The molecule has 1 aromatic rings. The van der Waals surface area contributed by atoms with Crippen LogP contribution in [0.1, 0.15) is 27.2 Å². The molecule has 0 aliphatic heterocycles. The fourth-order valence-corrected chi connectivity index (χ4v) is 1.87. The SMILES string of the molecule is CC(CC(=O)Nc1ccc(Cl)c(Cl)c1)=NNC(=O)C(=O)NC(C)C. The number of halogens is 2. The van der Waals surface area contributed by atoms with Gasteiger partial charge in [-0.1, -0.05) is 23.2 Å². The van der Waals surface area contributed by atoms with Crippen molar-refractivity contribution in [3.8, 4) is 0 Å². The summed E-state index contributed by atoms with van der Waals surface area (Å²) in [4.78, 5) is 34.7. The van der Waals surface area contributed by atoms with Crippen molar-refractivity contribution < 1.29 is 14.4 Å². The normalized spacial score (nSPS) is 11.2. The summed E-state index contributed by atoms with van der Waals surface area (Å²) in [6, 6.07) is 4.53. The van der Waals surface area contributed by atoms with Gasteiger partial charge in [0, 0.05) is 17.4 Å². The Bertz CT molecular complexity index is 675. The largest absolute Gasteiger partial charge is 0.346 e. The minimum atomic E-state index is -0.895. The van der Waals surface area contributed by atoms with E-state index in [1.54, 1.807) is 32.9 Å². The molecule has 0 unspecified atom stereocenters. The lowest BCUT2D eigenvalue weighted by atomic mass is 10.2. The van der Waals surface area contributed by atoms with E-state index in [0.29, 0.717) is 21.4 Å². The highest BCUT2D eigenvalue weighted by atomic mass is 35.5. The highest BCUT2D eigenvalue weighted by molar-refractivity contribution is 6.42. The van der Waals surface area contributed by atoms with E-state index in [4.69, 9.17) is 23.2 Å². The summed E-state index contributed by atoms with van der Waals surface area (Å²) in [7, 11) is 0. The van der Waals surface area contributed by atoms with E-state index in [1.807, 2.05) is 0 Å². The van der Waals surface area contributed by atoms with Crippen LogP contribution in [0.25, 0.3) is 0 Å². The van der Waals surface area contributed by atoms with Crippen molar-refractivity contribution in [1.29, 1.82) is 0 Å². The highest BCUT2D eigenvalue weighted by Gasteiger charge is 2.14. The molecule has 0 aliphatic carbocycles. The van der Waals surface area contributed by atoms with Crippen molar-refractivity contribution in [3.05, 3.63) is 28.2 Å². The number of benzene rings is 1. The molecule has 0 fully saturated rings. The quantitative estimate of drug-likeness (QED) is 0.420. The third kappa shape index (κ3) is 6.97. The molecule has 0 spiro atoms. The Kier molecular flexibility index (Phi) is 7.67. The fraction of sp³-hybridized carbons (Fsp3) is 0.333. The molecule has 0 saturated carbocycles. The van der Waals surface area contributed by atoms with E-state index in [9.17, 15) is 14.4 Å². The third-order valence-electron chi connectivity index (χ3n) is 2.59. The van der Waals surface area contributed by atoms with E-state index in [0.717, 1.165) is 0 Å². The first-order valence-electron chi connectivity index (χ1n) is 7.08. The molecule has 7 nitrogen and oxygen atoms in total. The highest BCUT2D eigenvalue weighted by Crippen LogP contribution is 2.24. The average molecular weight is 373 g/mol. The zero-order valence-electron chi connectivity index (χ0n) is 13.4. The van der Waals surface area contributed by atoms with Gasteiger partial charge in [-0.05, 0) is 39.0 Å². The third-order valence-corrected chi connectivity index (χ3v) is 3.33. The number of carbonyl (C=O) groups excluding carboxylic acids is 3. The molecular formula is C15H18Cl2N4O3. The van der Waals surface area contributed by atoms with Crippen LogP contribution in [0.15, 0.2) is 23.3 Å². The summed E-state index contributed by atoms with van der Waals surface area (Å²) in [5.41, 5.74) is 2.91. The summed E-state index contributed by atoms with van der Waals surface area (Å²) < 4.78 is 0. The first kappa shape index (κ1) is 19.9. The van der Waals surface area contributed by atoms with Gasteiger partial charge in [0.05, 0.1) is 16.5 Å². The number of rotatable bonds is 5. The zero-order valence-corrected chi connectivity index (χ0v) is 15.0. The van der Waals surface area contributed by atoms with E-state index in [2.05, 4.69) is 21.2 Å². The predicted octanol–water partition coefficient (Wildman–Crippen LogP) is 2.34. The fourth-order valence-electron chi connectivity index (χ4n) is 1.58. The topological polar surface area (TPSA) is 99.7 Å². The molecular weight excluding hydrogens is 355 g/mol. The first-order valence-corrected chi connectivity index (χ1v) is 7.83. The maximum Gasteiger partial charge on any atom is 0.329 e. The first-order chi connectivity index (χ1) is 11.2. The average Bonchev–Trinajstić information content (AvgIpc) is 2.47. The number of hydrogen-bond donors (Lipinski definition) is 3. The second kappa shape index (κ2) is 9.24. The van der Waals surface area contributed by atoms with Crippen LogP contribution in [-0.2, 0) is 14.4 Å².